The highest BCUT2D eigenvalue weighted by Gasteiger charge is 2.25. The summed E-state index contributed by atoms with van der Waals surface area (Å²) in [6.45, 7) is 8.22. The van der Waals surface area contributed by atoms with Gasteiger partial charge in [0, 0.05) is 25.3 Å². The Morgan fingerprint density at radius 2 is 1.77 bits per heavy atom. The van der Waals surface area contributed by atoms with E-state index in [-0.39, 0.29) is 11.8 Å². The Balaban J connectivity index is 1.30. The van der Waals surface area contributed by atoms with Gasteiger partial charge in [-0.3, -0.25) is 14.4 Å². The lowest BCUT2D eigenvalue weighted by Gasteiger charge is -2.32. The maximum atomic E-state index is 12.8. The summed E-state index contributed by atoms with van der Waals surface area (Å²) in [6, 6.07) is 21.0. The number of amides is 1. The maximum absolute atomic E-state index is 12.8. The van der Waals surface area contributed by atoms with Crippen molar-refractivity contribution in [2.24, 2.45) is 5.92 Å². The van der Waals surface area contributed by atoms with Gasteiger partial charge in [-0.15, -0.1) is 0 Å². The SMILES string of the molecule is Cc1cc(C)n(Cc2cccc(CNC(=O)C3CCCN(Cc4ccccc4)C3)c2)n1. The van der Waals surface area contributed by atoms with E-state index in [2.05, 4.69) is 76.8 Å². The summed E-state index contributed by atoms with van der Waals surface area (Å²) < 4.78 is 2.02. The third-order valence-electron chi connectivity index (χ3n) is 6.02. The van der Waals surface area contributed by atoms with Crippen molar-refractivity contribution < 1.29 is 4.79 Å². The topological polar surface area (TPSA) is 50.2 Å². The van der Waals surface area contributed by atoms with Crippen molar-refractivity contribution in [3.8, 4) is 0 Å². The van der Waals surface area contributed by atoms with Gasteiger partial charge in [-0.25, -0.2) is 0 Å². The van der Waals surface area contributed by atoms with Crippen LogP contribution in [0.15, 0.2) is 60.7 Å². The Morgan fingerprint density at radius 1 is 1.00 bits per heavy atom. The average molecular weight is 417 g/mol. The van der Waals surface area contributed by atoms with Crippen LogP contribution in [0.25, 0.3) is 0 Å². The maximum Gasteiger partial charge on any atom is 0.224 e. The molecule has 1 saturated heterocycles. The molecule has 1 atom stereocenters. The summed E-state index contributed by atoms with van der Waals surface area (Å²) in [7, 11) is 0. The molecule has 1 fully saturated rings. The lowest BCUT2D eigenvalue weighted by molar-refractivity contribution is -0.126. The first-order valence-electron chi connectivity index (χ1n) is 11.2. The first kappa shape index (κ1) is 21.3. The van der Waals surface area contributed by atoms with Crippen molar-refractivity contribution in [3.05, 3.63) is 88.7 Å². The molecule has 0 saturated carbocycles. The van der Waals surface area contributed by atoms with Crippen molar-refractivity contribution in [2.75, 3.05) is 13.1 Å². The second kappa shape index (κ2) is 9.92. The van der Waals surface area contributed by atoms with Crippen LogP contribution in [0.2, 0.25) is 0 Å². The first-order valence-corrected chi connectivity index (χ1v) is 11.2. The fourth-order valence-corrected chi connectivity index (χ4v) is 4.43. The van der Waals surface area contributed by atoms with Crippen LogP contribution in [0.3, 0.4) is 0 Å². The predicted octanol–water partition coefficient (Wildman–Crippen LogP) is 4.08. The summed E-state index contributed by atoms with van der Waals surface area (Å²) in [5.41, 5.74) is 5.83. The minimum atomic E-state index is 0.0651. The second-order valence-electron chi connectivity index (χ2n) is 8.68. The molecule has 31 heavy (non-hydrogen) atoms. The normalized spacial score (nSPS) is 16.9. The van der Waals surface area contributed by atoms with E-state index in [1.165, 1.54) is 11.1 Å². The van der Waals surface area contributed by atoms with Gasteiger partial charge in [-0.2, -0.15) is 5.10 Å². The largest absolute Gasteiger partial charge is 0.352 e. The molecular weight excluding hydrogens is 384 g/mol. The summed E-state index contributed by atoms with van der Waals surface area (Å²) in [6.07, 6.45) is 2.04. The highest BCUT2D eigenvalue weighted by atomic mass is 16.1. The van der Waals surface area contributed by atoms with Crippen LogP contribution in [-0.4, -0.2) is 33.7 Å². The number of nitrogens with zero attached hydrogens (tertiary/aromatic N) is 3. The van der Waals surface area contributed by atoms with E-state index in [0.29, 0.717) is 6.54 Å². The quantitative estimate of drug-likeness (QED) is 0.631. The standard InChI is InChI=1S/C26H32N4O/c1-20-14-21(2)30(28-20)18-24-11-6-10-23(15-24)16-27-26(31)25-12-7-13-29(19-25)17-22-8-4-3-5-9-22/h3-6,8-11,14-15,25H,7,12-13,16-19H2,1-2H3,(H,27,31). The van der Waals surface area contributed by atoms with Crippen LogP contribution < -0.4 is 5.32 Å². The summed E-state index contributed by atoms with van der Waals surface area (Å²) in [4.78, 5) is 15.2. The minimum absolute atomic E-state index is 0.0651. The number of carbonyl (C=O) groups is 1. The monoisotopic (exact) mass is 416 g/mol. The third kappa shape index (κ3) is 5.82. The van der Waals surface area contributed by atoms with Gasteiger partial charge in [-0.05, 0) is 56.0 Å². The highest BCUT2D eigenvalue weighted by molar-refractivity contribution is 5.79. The van der Waals surface area contributed by atoms with E-state index in [4.69, 9.17) is 0 Å². The Kier molecular flexibility index (Phi) is 6.82. The molecule has 1 aliphatic heterocycles. The van der Waals surface area contributed by atoms with E-state index in [1.807, 2.05) is 17.7 Å². The molecule has 1 aromatic heterocycles. The Hall–Kier alpha value is -2.92. The number of carbonyl (C=O) groups excluding carboxylic acids is 1. The second-order valence-corrected chi connectivity index (χ2v) is 8.68. The Morgan fingerprint density at radius 3 is 2.55 bits per heavy atom. The van der Waals surface area contributed by atoms with Crippen LogP contribution in [0, 0.1) is 19.8 Å². The smallest absolute Gasteiger partial charge is 0.224 e. The molecule has 4 rings (SSSR count). The molecule has 5 heteroatoms. The average Bonchev–Trinajstić information content (AvgIpc) is 3.09. The molecular formula is C26H32N4O. The number of benzene rings is 2. The lowest BCUT2D eigenvalue weighted by Crippen LogP contribution is -2.42. The van der Waals surface area contributed by atoms with Crippen LogP contribution >= 0.6 is 0 Å². The van der Waals surface area contributed by atoms with E-state index in [9.17, 15) is 4.79 Å². The Bertz CT molecular complexity index is 1010. The molecule has 0 bridgehead atoms. The number of nitrogens with one attached hydrogen (secondary N) is 1. The van der Waals surface area contributed by atoms with Gasteiger partial charge in [0.05, 0.1) is 18.2 Å². The Labute approximate surface area is 185 Å². The van der Waals surface area contributed by atoms with Gasteiger partial charge < -0.3 is 5.32 Å². The van der Waals surface area contributed by atoms with Crippen LogP contribution in [0.5, 0.6) is 0 Å². The van der Waals surface area contributed by atoms with Crippen LogP contribution in [0.1, 0.15) is 40.9 Å². The lowest BCUT2D eigenvalue weighted by atomic mass is 9.96. The van der Waals surface area contributed by atoms with Crippen molar-refractivity contribution in [1.29, 1.82) is 0 Å². The number of aryl methyl sites for hydroxylation is 2. The highest BCUT2D eigenvalue weighted by Crippen LogP contribution is 2.19. The molecule has 5 nitrogen and oxygen atoms in total. The van der Waals surface area contributed by atoms with E-state index in [0.717, 1.165) is 56.0 Å². The molecule has 1 N–H and O–H groups in total. The molecule has 0 aliphatic carbocycles. The van der Waals surface area contributed by atoms with Gasteiger partial charge >= 0.3 is 0 Å². The molecule has 2 heterocycles. The van der Waals surface area contributed by atoms with Crippen molar-refractivity contribution >= 4 is 5.91 Å². The number of hydrogen-bond donors (Lipinski definition) is 1. The number of likely N-dealkylation sites (tertiary alicyclic amines) is 1. The van der Waals surface area contributed by atoms with E-state index >= 15 is 0 Å². The molecule has 2 aromatic carbocycles. The van der Waals surface area contributed by atoms with Crippen molar-refractivity contribution in [1.82, 2.24) is 20.0 Å². The summed E-state index contributed by atoms with van der Waals surface area (Å²) in [5.74, 6) is 0.233. The summed E-state index contributed by atoms with van der Waals surface area (Å²) in [5, 5.41) is 7.72. The number of piperidine rings is 1. The number of aromatic nitrogens is 2. The van der Waals surface area contributed by atoms with Gasteiger partial charge in [0.2, 0.25) is 5.91 Å². The number of hydrogen-bond acceptors (Lipinski definition) is 3. The van der Waals surface area contributed by atoms with Crippen LogP contribution in [-0.2, 0) is 24.4 Å². The fourth-order valence-electron chi connectivity index (χ4n) is 4.43. The van der Waals surface area contributed by atoms with Gasteiger partial charge in [0.15, 0.2) is 0 Å². The molecule has 162 valence electrons. The summed E-state index contributed by atoms with van der Waals surface area (Å²) >= 11 is 0. The van der Waals surface area contributed by atoms with Gasteiger partial charge in [0.1, 0.15) is 0 Å². The third-order valence-corrected chi connectivity index (χ3v) is 6.02. The minimum Gasteiger partial charge on any atom is -0.352 e. The van der Waals surface area contributed by atoms with E-state index in [1.54, 1.807) is 0 Å². The zero-order valence-corrected chi connectivity index (χ0v) is 18.6. The van der Waals surface area contributed by atoms with Gasteiger partial charge in [0.25, 0.3) is 0 Å². The molecule has 1 unspecified atom stereocenters. The fraction of sp³-hybridized carbons (Fsp3) is 0.385. The van der Waals surface area contributed by atoms with Crippen molar-refractivity contribution in [3.63, 3.8) is 0 Å². The van der Waals surface area contributed by atoms with Gasteiger partial charge in [-0.1, -0.05) is 54.6 Å². The van der Waals surface area contributed by atoms with Crippen molar-refractivity contribution in [2.45, 2.75) is 46.3 Å². The molecule has 0 radical (unpaired) electrons. The zero-order valence-electron chi connectivity index (χ0n) is 18.6. The molecule has 1 amide bonds. The molecule has 3 aromatic rings. The molecule has 0 spiro atoms. The zero-order chi connectivity index (χ0) is 21.6. The van der Waals surface area contributed by atoms with Crippen LogP contribution in [0.4, 0.5) is 0 Å². The predicted molar refractivity (Wildman–Crippen MR) is 124 cm³/mol. The first-order chi connectivity index (χ1) is 15.1. The number of rotatable bonds is 7. The molecule has 1 aliphatic rings. The van der Waals surface area contributed by atoms with E-state index < -0.39 is 0 Å².